The molecule has 8 heteroatoms. The van der Waals surface area contributed by atoms with Crippen LogP contribution in [0.15, 0.2) is 54.7 Å². The molecule has 1 aromatic heterocycles. The van der Waals surface area contributed by atoms with Crippen molar-refractivity contribution in [2.24, 2.45) is 0 Å². The van der Waals surface area contributed by atoms with Crippen LogP contribution < -0.4 is 10.6 Å². The Balaban J connectivity index is 1.49. The van der Waals surface area contributed by atoms with Crippen molar-refractivity contribution < 1.29 is 9.90 Å². The summed E-state index contributed by atoms with van der Waals surface area (Å²) < 4.78 is 0. The molecule has 1 aliphatic rings. The van der Waals surface area contributed by atoms with Gasteiger partial charge in [0.05, 0.1) is 29.6 Å². The summed E-state index contributed by atoms with van der Waals surface area (Å²) in [6, 6.07) is 13.9. The van der Waals surface area contributed by atoms with Crippen molar-refractivity contribution in [1.29, 1.82) is 0 Å². The number of anilines is 1. The second-order valence-electron chi connectivity index (χ2n) is 7.15. The molecular weight excluding hydrogens is 423 g/mol. The molecule has 3 N–H and O–H groups in total. The van der Waals surface area contributed by atoms with E-state index in [9.17, 15) is 9.90 Å². The van der Waals surface area contributed by atoms with Crippen LogP contribution in [0.1, 0.15) is 34.8 Å². The first-order valence-corrected chi connectivity index (χ1v) is 10.4. The summed E-state index contributed by atoms with van der Waals surface area (Å²) in [6.45, 7) is -0.239. The van der Waals surface area contributed by atoms with E-state index < -0.39 is 6.04 Å². The van der Waals surface area contributed by atoms with E-state index in [0.717, 1.165) is 24.0 Å². The van der Waals surface area contributed by atoms with Crippen molar-refractivity contribution in [3.05, 3.63) is 75.9 Å². The monoisotopic (exact) mass is 442 g/mol. The number of aliphatic hydroxyl groups is 1. The van der Waals surface area contributed by atoms with E-state index in [1.165, 1.54) is 0 Å². The lowest BCUT2D eigenvalue weighted by Gasteiger charge is -2.17. The van der Waals surface area contributed by atoms with Crippen LogP contribution in [0.3, 0.4) is 0 Å². The van der Waals surface area contributed by atoms with Gasteiger partial charge in [0, 0.05) is 22.2 Å². The molecule has 1 heterocycles. The molecule has 0 radical (unpaired) electrons. The van der Waals surface area contributed by atoms with E-state index in [1.54, 1.807) is 54.7 Å². The van der Waals surface area contributed by atoms with Gasteiger partial charge in [-0.25, -0.2) is 9.97 Å². The summed E-state index contributed by atoms with van der Waals surface area (Å²) in [4.78, 5) is 21.4. The van der Waals surface area contributed by atoms with Crippen LogP contribution in [-0.2, 0) is 0 Å². The van der Waals surface area contributed by atoms with Crippen molar-refractivity contribution in [3.8, 4) is 11.3 Å². The van der Waals surface area contributed by atoms with Crippen LogP contribution in [0.4, 0.5) is 5.95 Å². The Morgan fingerprint density at radius 1 is 1.17 bits per heavy atom. The molecule has 1 amide bonds. The van der Waals surface area contributed by atoms with Crippen LogP contribution in [0, 0.1) is 0 Å². The number of nitrogens with zero attached hydrogens (tertiary/aromatic N) is 2. The van der Waals surface area contributed by atoms with Gasteiger partial charge in [-0.2, -0.15) is 0 Å². The third kappa shape index (κ3) is 4.90. The molecule has 1 saturated carbocycles. The molecule has 3 aromatic rings. The minimum atomic E-state index is -0.553. The minimum absolute atomic E-state index is 0.239. The van der Waals surface area contributed by atoms with Gasteiger partial charge < -0.3 is 15.7 Å². The van der Waals surface area contributed by atoms with Crippen molar-refractivity contribution >= 4 is 35.1 Å². The van der Waals surface area contributed by atoms with E-state index in [-0.39, 0.29) is 12.5 Å². The number of halogens is 2. The van der Waals surface area contributed by atoms with E-state index in [4.69, 9.17) is 23.2 Å². The lowest BCUT2D eigenvalue weighted by Crippen LogP contribution is -2.30. The highest BCUT2D eigenvalue weighted by Gasteiger charge is 2.22. The zero-order chi connectivity index (χ0) is 21.1. The predicted octanol–water partition coefficient (Wildman–Crippen LogP) is 4.49. The Morgan fingerprint density at radius 3 is 2.60 bits per heavy atom. The Morgan fingerprint density at radius 2 is 1.93 bits per heavy atom. The lowest BCUT2D eigenvalue weighted by atomic mass is 10.1. The fourth-order valence-corrected chi connectivity index (χ4v) is 3.43. The Kier molecular flexibility index (Phi) is 6.18. The van der Waals surface area contributed by atoms with E-state index in [1.807, 2.05) is 0 Å². The van der Waals surface area contributed by atoms with E-state index >= 15 is 0 Å². The number of hydrogen-bond donors (Lipinski definition) is 3. The second kappa shape index (κ2) is 9.00. The third-order valence-corrected chi connectivity index (χ3v) is 5.33. The molecule has 154 valence electrons. The van der Waals surface area contributed by atoms with Gasteiger partial charge in [-0.05, 0) is 42.7 Å². The molecule has 0 spiro atoms. The molecule has 4 rings (SSSR count). The standard InChI is InChI=1S/C22H20Cl2N4O2/c23-16-3-1-2-15(10-16)19(12-29)27-21(30)14-6-4-13(5-7-14)20-18(24)11-25-22(28-20)26-17-8-9-17/h1-7,10-11,17,19,29H,8-9,12H2,(H,27,30)(H,25,26,28). The van der Waals surface area contributed by atoms with Gasteiger partial charge in [-0.1, -0.05) is 47.5 Å². The van der Waals surface area contributed by atoms with Gasteiger partial charge in [0.25, 0.3) is 5.91 Å². The van der Waals surface area contributed by atoms with Crippen LogP contribution in [0.5, 0.6) is 0 Å². The molecule has 2 aromatic carbocycles. The first-order valence-electron chi connectivity index (χ1n) is 9.60. The highest BCUT2D eigenvalue weighted by Crippen LogP contribution is 2.29. The van der Waals surface area contributed by atoms with Gasteiger partial charge in [-0.3, -0.25) is 4.79 Å². The number of aliphatic hydroxyl groups excluding tert-OH is 1. The Hall–Kier alpha value is -2.67. The summed E-state index contributed by atoms with van der Waals surface area (Å²) in [6.07, 6.45) is 3.82. The summed E-state index contributed by atoms with van der Waals surface area (Å²) in [5.74, 6) is 0.247. The predicted molar refractivity (Wildman–Crippen MR) is 118 cm³/mol. The fraction of sp³-hybridized carbons (Fsp3) is 0.227. The number of benzene rings is 2. The van der Waals surface area contributed by atoms with Gasteiger partial charge >= 0.3 is 0 Å². The number of amides is 1. The maximum Gasteiger partial charge on any atom is 0.251 e. The zero-order valence-electron chi connectivity index (χ0n) is 16.0. The van der Waals surface area contributed by atoms with Crippen LogP contribution in [0.2, 0.25) is 10.0 Å². The van der Waals surface area contributed by atoms with Gasteiger partial charge in [0.2, 0.25) is 5.95 Å². The Bertz CT molecular complexity index is 1060. The average Bonchev–Trinajstić information content (AvgIpc) is 3.57. The molecule has 1 fully saturated rings. The first-order chi connectivity index (χ1) is 14.5. The first kappa shape index (κ1) is 20.6. The molecule has 6 nitrogen and oxygen atoms in total. The molecular formula is C22H20Cl2N4O2. The van der Waals surface area contributed by atoms with Crippen molar-refractivity contribution in [1.82, 2.24) is 15.3 Å². The lowest BCUT2D eigenvalue weighted by molar-refractivity contribution is 0.0916. The average molecular weight is 443 g/mol. The van der Waals surface area contributed by atoms with E-state index in [2.05, 4.69) is 20.6 Å². The quantitative estimate of drug-likeness (QED) is 0.501. The number of carbonyl (C=O) groups excluding carboxylic acids is 1. The van der Waals surface area contributed by atoms with E-state index in [0.29, 0.717) is 33.3 Å². The highest BCUT2D eigenvalue weighted by molar-refractivity contribution is 6.33. The molecule has 1 aliphatic carbocycles. The zero-order valence-corrected chi connectivity index (χ0v) is 17.5. The van der Waals surface area contributed by atoms with Crippen molar-refractivity contribution in [2.45, 2.75) is 24.9 Å². The molecule has 30 heavy (non-hydrogen) atoms. The normalized spacial score (nSPS) is 14.2. The molecule has 1 atom stereocenters. The molecule has 1 unspecified atom stereocenters. The van der Waals surface area contributed by atoms with Crippen LogP contribution >= 0.6 is 23.2 Å². The maximum atomic E-state index is 12.7. The van der Waals surface area contributed by atoms with Gasteiger partial charge in [0.1, 0.15) is 0 Å². The highest BCUT2D eigenvalue weighted by atomic mass is 35.5. The molecule has 0 bridgehead atoms. The number of nitrogens with one attached hydrogen (secondary N) is 2. The fourth-order valence-electron chi connectivity index (χ4n) is 3.03. The summed E-state index contributed by atoms with van der Waals surface area (Å²) in [7, 11) is 0. The summed E-state index contributed by atoms with van der Waals surface area (Å²) in [5, 5.41) is 16.8. The number of carbonyl (C=O) groups is 1. The SMILES string of the molecule is O=C(NC(CO)c1cccc(Cl)c1)c1ccc(-c2nc(NC3CC3)ncc2Cl)cc1. The topological polar surface area (TPSA) is 87.1 Å². The second-order valence-corrected chi connectivity index (χ2v) is 7.99. The van der Waals surface area contributed by atoms with Crippen molar-refractivity contribution in [3.63, 3.8) is 0 Å². The number of rotatable bonds is 7. The largest absolute Gasteiger partial charge is 0.394 e. The van der Waals surface area contributed by atoms with Crippen LogP contribution in [-0.4, -0.2) is 33.6 Å². The third-order valence-electron chi connectivity index (χ3n) is 4.81. The summed E-state index contributed by atoms with van der Waals surface area (Å²) in [5.41, 5.74) is 2.58. The minimum Gasteiger partial charge on any atom is -0.394 e. The van der Waals surface area contributed by atoms with Crippen molar-refractivity contribution in [2.75, 3.05) is 11.9 Å². The van der Waals surface area contributed by atoms with Gasteiger partial charge in [-0.15, -0.1) is 0 Å². The van der Waals surface area contributed by atoms with Gasteiger partial charge in [0.15, 0.2) is 0 Å². The molecule has 0 aliphatic heterocycles. The Labute approximate surface area is 184 Å². The number of hydrogen-bond acceptors (Lipinski definition) is 5. The smallest absolute Gasteiger partial charge is 0.251 e. The maximum absolute atomic E-state index is 12.7. The summed E-state index contributed by atoms with van der Waals surface area (Å²) >= 11 is 12.3. The number of aromatic nitrogens is 2. The van der Waals surface area contributed by atoms with Crippen LogP contribution in [0.25, 0.3) is 11.3 Å². The molecule has 0 saturated heterocycles.